The van der Waals surface area contributed by atoms with E-state index in [4.69, 9.17) is 9.47 Å². The molecule has 6 heteroatoms. The van der Waals surface area contributed by atoms with Crippen molar-refractivity contribution in [3.05, 3.63) is 82.2 Å². The highest BCUT2D eigenvalue weighted by molar-refractivity contribution is 6.04. The van der Waals surface area contributed by atoms with E-state index >= 15 is 0 Å². The molecule has 0 fully saturated rings. The number of benzene rings is 2. The number of allylic oxidation sites excluding steroid dienone is 3. The summed E-state index contributed by atoms with van der Waals surface area (Å²) >= 11 is 0. The number of ether oxygens (including phenoxy) is 2. The Morgan fingerprint density at radius 1 is 1.12 bits per heavy atom. The first-order chi connectivity index (χ1) is 16.3. The van der Waals surface area contributed by atoms with E-state index in [1.165, 1.54) is 13.2 Å². The van der Waals surface area contributed by atoms with E-state index in [1.807, 2.05) is 51.1 Å². The highest BCUT2D eigenvalue weighted by atomic mass is 16.5. The minimum atomic E-state index is -0.602. The average Bonchev–Trinajstić information content (AvgIpc) is 2.82. The van der Waals surface area contributed by atoms with Gasteiger partial charge in [-0.25, -0.2) is 4.79 Å². The molecule has 34 heavy (non-hydrogen) atoms. The zero-order valence-corrected chi connectivity index (χ0v) is 20.1. The minimum absolute atomic E-state index is 0.00121. The number of carbonyl (C=O) groups is 2. The van der Waals surface area contributed by atoms with Crippen molar-refractivity contribution >= 4 is 11.8 Å². The van der Waals surface area contributed by atoms with Gasteiger partial charge < -0.3 is 19.9 Å². The third-order valence-corrected chi connectivity index (χ3v) is 6.40. The summed E-state index contributed by atoms with van der Waals surface area (Å²) in [5.74, 6) is -0.506. The van der Waals surface area contributed by atoms with Crippen LogP contribution in [0.2, 0.25) is 0 Å². The number of dihydropyridines is 1. The van der Waals surface area contributed by atoms with Crippen molar-refractivity contribution in [2.24, 2.45) is 5.92 Å². The third kappa shape index (κ3) is 4.58. The van der Waals surface area contributed by atoms with Gasteiger partial charge >= 0.3 is 5.97 Å². The number of aromatic hydroxyl groups is 1. The maximum atomic E-state index is 13.6. The summed E-state index contributed by atoms with van der Waals surface area (Å²) in [6.45, 7) is 6.09. The van der Waals surface area contributed by atoms with Crippen LogP contribution in [0.4, 0.5) is 0 Å². The molecule has 2 aromatic rings. The van der Waals surface area contributed by atoms with Crippen LogP contribution >= 0.6 is 0 Å². The van der Waals surface area contributed by atoms with E-state index < -0.39 is 11.9 Å². The molecule has 0 aromatic heterocycles. The van der Waals surface area contributed by atoms with Gasteiger partial charge in [0.2, 0.25) is 0 Å². The smallest absolute Gasteiger partial charge is 0.336 e. The van der Waals surface area contributed by atoms with E-state index in [0.29, 0.717) is 35.2 Å². The van der Waals surface area contributed by atoms with Crippen molar-refractivity contribution in [1.82, 2.24) is 5.32 Å². The SMILES string of the molecule is COc1cc([C@@H]2C(C(=O)OCC(C)C)=C(C)NC3=C2C(=O)C[C@H](c2ccccc2)C3)ccc1O. The second kappa shape index (κ2) is 9.75. The van der Waals surface area contributed by atoms with Gasteiger partial charge in [-0.1, -0.05) is 50.2 Å². The fourth-order valence-corrected chi connectivity index (χ4v) is 4.80. The summed E-state index contributed by atoms with van der Waals surface area (Å²) in [7, 11) is 1.47. The highest BCUT2D eigenvalue weighted by Crippen LogP contribution is 2.46. The van der Waals surface area contributed by atoms with Crippen LogP contribution in [0.1, 0.15) is 56.6 Å². The largest absolute Gasteiger partial charge is 0.504 e. The number of Topliss-reactive ketones (excluding diaryl/α,β-unsaturated/α-hetero) is 1. The number of carbonyl (C=O) groups excluding carboxylic acids is 2. The number of hydrogen-bond acceptors (Lipinski definition) is 6. The zero-order valence-electron chi connectivity index (χ0n) is 20.1. The molecule has 0 amide bonds. The van der Waals surface area contributed by atoms with Crippen molar-refractivity contribution in [2.75, 3.05) is 13.7 Å². The molecule has 4 rings (SSSR count). The number of phenols is 1. The maximum absolute atomic E-state index is 13.6. The predicted molar refractivity (Wildman–Crippen MR) is 129 cm³/mol. The monoisotopic (exact) mass is 461 g/mol. The van der Waals surface area contributed by atoms with Crippen molar-refractivity contribution in [1.29, 1.82) is 0 Å². The van der Waals surface area contributed by atoms with Crippen LogP contribution in [0.3, 0.4) is 0 Å². The van der Waals surface area contributed by atoms with Gasteiger partial charge in [-0.3, -0.25) is 4.79 Å². The molecule has 0 radical (unpaired) electrons. The third-order valence-electron chi connectivity index (χ3n) is 6.40. The van der Waals surface area contributed by atoms with Crippen molar-refractivity contribution in [2.45, 2.75) is 45.4 Å². The fraction of sp³-hybridized carbons (Fsp3) is 0.357. The molecular formula is C28H31NO5. The predicted octanol–water partition coefficient (Wildman–Crippen LogP) is 4.96. The molecule has 1 aliphatic heterocycles. The van der Waals surface area contributed by atoms with Crippen LogP contribution < -0.4 is 10.1 Å². The summed E-state index contributed by atoms with van der Waals surface area (Å²) in [5.41, 5.74) is 4.33. The molecule has 2 N–H and O–H groups in total. The molecule has 0 unspecified atom stereocenters. The van der Waals surface area contributed by atoms with Crippen LogP contribution in [0.15, 0.2) is 71.1 Å². The van der Waals surface area contributed by atoms with Gasteiger partial charge in [0, 0.05) is 29.3 Å². The molecule has 178 valence electrons. The molecule has 0 saturated heterocycles. The lowest BCUT2D eigenvalue weighted by Gasteiger charge is -2.37. The first-order valence-corrected chi connectivity index (χ1v) is 11.6. The van der Waals surface area contributed by atoms with Crippen LogP contribution in [0.25, 0.3) is 0 Å². The van der Waals surface area contributed by atoms with E-state index in [2.05, 4.69) is 5.32 Å². The van der Waals surface area contributed by atoms with Gasteiger partial charge in [0.25, 0.3) is 0 Å². The van der Waals surface area contributed by atoms with Crippen LogP contribution in [0.5, 0.6) is 11.5 Å². The fourth-order valence-electron chi connectivity index (χ4n) is 4.80. The lowest BCUT2D eigenvalue weighted by Crippen LogP contribution is -2.36. The summed E-state index contributed by atoms with van der Waals surface area (Å²) in [4.78, 5) is 26.9. The van der Waals surface area contributed by atoms with Gasteiger partial charge in [-0.15, -0.1) is 0 Å². The van der Waals surface area contributed by atoms with E-state index in [1.54, 1.807) is 12.1 Å². The summed E-state index contributed by atoms with van der Waals surface area (Å²) in [5, 5.41) is 13.5. The number of rotatable bonds is 6. The standard InChI is InChI=1S/C28H31NO5/c1-16(2)15-34-28(32)25-17(3)29-21-12-20(18-8-6-5-7-9-18)13-23(31)27(21)26(25)19-10-11-22(30)24(14-19)33-4/h5-11,14,16,20,26,29-30H,12-13,15H2,1-4H3/t20-,26-/m1/s1. The normalized spacial score (nSPS) is 20.2. The second-order valence-electron chi connectivity index (χ2n) is 9.35. The van der Waals surface area contributed by atoms with Gasteiger partial charge in [0.15, 0.2) is 17.3 Å². The molecule has 2 aromatic carbocycles. The van der Waals surface area contributed by atoms with Gasteiger partial charge in [-0.2, -0.15) is 0 Å². The molecule has 0 spiro atoms. The number of phenolic OH excluding ortho intramolecular Hbond substituents is 1. The Morgan fingerprint density at radius 2 is 1.85 bits per heavy atom. The Balaban J connectivity index is 1.80. The van der Waals surface area contributed by atoms with E-state index in [0.717, 1.165) is 11.3 Å². The minimum Gasteiger partial charge on any atom is -0.504 e. The number of hydrogen-bond donors (Lipinski definition) is 2. The summed E-state index contributed by atoms with van der Waals surface area (Å²) in [6.07, 6.45) is 1.03. The van der Waals surface area contributed by atoms with Gasteiger partial charge in [0.05, 0.1) is 19.3 Å². The molecular weight excluding hydrogens is 430 g/mol. The van der Waals surface area contributed by atoms with Crippen molar-refractivity contribution in [3.63, 3.8) is 0 Å². The summed E-state index contributed by atoms with van der Waals surface area (Å²) in [6, 6.07) is 15.0. The molecule has 6 nitrogen and oxygen atoms in total. The van der Waals surface area contributed by atoms with E-state index in [9.17, 15) is 14.7 Å². The molecule has 0 bridgehead atoms. The molecule has 2 atom stereocenters. The first-order valence-electron chi connectivity index (χ1n) is 11.6. The molecule has 1 aliphatic carbocycles. The Hall–Kier alpha value is -3.54. The topological polar surface area (TPSA) is 84.9 Å². The Labute approximate surface area is 200 Å². The highest BCUT2D eigenvalue weighted by Gasteiger charge is 2.41. The lowest BCUT2D eigenvalue weighted by atomic mass is 9.71. The number of ketones is 1. The van der Waals surface area contributed by atoms with E-state index in [-0.39, 0.29) is 35.7 Å². The average molecular weight is 462 g/mol. The summed E-state index contributed by atoms with van der Waals surface area (Å²) < 4.78 is 10.9. The van der Waals surface area contributed by atoms with Crippen molar-refractivity contribution < 1.29 is 24.2 Å². The Morgan fingerprint density at radius 3 is 2.53 bits per heavy atom. The van der Waals surface area contributed by atoms with Gasteiger partial charge in [-0.05, 0) is 48.4 Å². The quantitative estimate of drug-likeness (QED) is 0.592. The molecule has 0 saturated carbocycles. The number of nitrogens with one attached hydrogen (secondary N) is 1. The number of methoxy groups -OCH3 is 1. The van der Waals surface area contributed by atoms with Crippen LogP contribution in [0, 0.1) is 5.92 Å². The second-order valence-corrected chi connectivity index (χ2v) is 9.35. The zero-order chi connectivity index (χ0) is 24.4. The van der Waals surface area contributed by atoms with Gasteiger partial charge in [0.1, 0.15) is 0 Å². The van der Waals surface area contributed by atoms with Crippen LogP contribution in [-0.4, -0.2) is 30.6 Å². The lowest BCUT2D eigenvalue weighted by molar-refractivity contribution is -0.140. The molecule has 2 aliphatic rings. The Kier molecular flexibility index (Phi) is 6.77. The maximum Gasteiger partial charge on any atom is 0.336 e. The first kappa shape index (κ1) is 23.6. The van der Waals surface area contributed by atoms with Crippen molar-refractivity contribution in [3.8, 4) is 11.5 Å². The van der Waals surface area contributed by atoms with Crippen LogP contribution in [-0.2, 0) is 14.3 Å². The Bertz CT molecular complexity index is 1160. The number of esters is 1. The molecule has 1 heterocycles.